The van der Waals surface area contributed by atoms with E-state index >= 15 is 0 Å². The van der Waals surface area contributed by atoms with Crippen LogP contribution in [0.3, 0.4) is 0 Å². The molecule has 2 amide bonds. The molecule has 2 N–H and O–H groups in total. The van der Waals surface area contributed by atoms with Gasteiger partial charge in [-0.3, -0.25) is 14.4 Å². The number of carbonyl (C=O) groups excluding carboxylic acids is 4. The van der Waals surface area contributed by atoms with Crippen LogP contribution in [0.15, 0.2) is 42.5 Å². The minimum atomic E-state index is -0.766. The molecule has 1 saturated carbocycles. The van der Waals surface area contributed by atoms with Crippen LogP contribution in [0.2, 0.25) is 0 Å². The summed E-state index contributed by atoms with van der Waals surface area (Å²) in [5, 5.41) is 5.44. The van der Waals surface area contributed by atoms with Crippen LogP contribution in [0.5, 0.6) is 11.5 Å². The maximum atomic E-state index is 12.3. The molecule has 1 aliphatic carbocycles. The SMILES string of the molecule is COc1cc(C(C)=O)ccc1OCC(=O)OCC(=O)Nc1ccccc1C(=O)NC1CC1. The number of rotatable bonds is 10. The Morgan fingerprint density at radius 1 is 1.00 bits per heavy atom. The van der Waals surface area contributed by atoms with Crippen molar-refractivity contribution in [2.24, 2.45) is 0 Å². The Kier molecular flexibility index (Phi) is 7.43. The van der Waals surface area contributed by atoms with E-state index in [0.717, 1.165) is 12.8 Å². The average Bonchev–Trinajstić information content (AvgIpc) is 3.60. The fourth-order valence-corrected chi connectivity index (χ4v) is 2.80. The van der Waals surface area contributed by atoms with Gasteiger partial charge in [-0.15, -0.1) is 0 Å². The third-order valence-corrected chi connectivity index (χ3v) is 4.64. The summed E-state index contributed by atoms with van der Waals surface area (Å²) in [5.74, 6) is -1.20. The maximum absolute atomic E-state index is 12.3. The second kappa shape index (κ2) is 10.4. The molecule has 0 saturated heterocycles. The van der Waals surface area contributed by atoms with Gasteiger partial charge in [0, 0.05) is 11.6 Å². The fraction of sp³-hybridized carbons (Fsp3) is 0.304. The van der Waals surface area contributed by atoms with Gasteiger partial charge in [-0.2, -0.15) is 0 Å². The van der Waals surface area contributed by atoms with E-state index in [4.69, 9.17) is 14.2 Å². The van der Waals surface area contributed by atoms with Crippen molar-refractivity contribution < 1.29 is 33.4 Å². The quantitative estimate of drug-likeness (QED) is 0.430. The molecule has 0 heterocycles. The lowest BCUT2D eigenvalue weighted by Crippen LogP contribution is -2.28. The van der Waals surface area contributed by atoms with E-state index in [1.54, 1.807) is 30.3 Å². The van der Waals surface area contributed by atoms with Gasteiger partial charge in [0.25, 0.3) is 11.8 Å². The molecule has 1 aliphatic rings. The Morgan fingerprint density at radius 2 is 1.75 bits per heavy atom. The van der Waals surface area contributed by atoms with Crippen molar-refractivity contribution in [2.45, 2.75) is 25.8 Å². The number of methoxy groups -OCH3 is 1. The van der Waals surface area contributed by atoms with Gasteiger partial charge < -0.3 is 24.8 Å². The number of Topliss-reactive ketones (excluding diaryl/α,β-unsaturated/α-hetero) is 1. The molecule has 9 heteroatoms. The number of benzene rings is 2. The van der Waals surface area contributed by atoms with E-state index < -0.39 is 25.1 Å². The first kappa shape index (κ1) is 22.8. The summed E-state index contributed by atoms with van der Waals surface area (Å²) >= 11 is 0. The number of amides is 2. The smallest absolute Gasteiger partial charge is 0.344 e. The molecular weight excluding hydrogens is 416 g/mol. The van der Waals surface area contributed by atoms with Gasteiger partial charge in [-0.1, -0.05) is 12.1 Å². The first-order chi connectivity index (χ1) is 15.4. The first-order valence-corrected chi connectivity index (χ1v) is 10.0. The van der Waals surface area contributed by atoms with Crippen LogP contribution >= 0.6 is 0 Å². The summed E-state index contributed by atoms with van der Waals surface area (Å²) < 4.78 is 15.5. The monoisotopic (exact) mass is 440 g/mol. The number of ether oxygens (including phenoxy) is 3. The molecule has 32 heavy (non-hydrogen) atoms. The highest BCUT2D eigenvalue weighted by molar-refractivity contribution is 6.04. The largest absolute Gasteiger partial charge is 0.493 e. The molecule has 2 aromatic carbocycles. The van der Waals surface area contributed by atoms with Crippen molar-refractivity contribution in [3.8, 4) is 11.5 Å². The molecule has 0 aliphatic heterocycles. The van der Waals surface area contributed by atoms with E-state index in [1.807, 2.05) is 0 Å². The molecule has 9 nitrogen and oxygen atoms in total. The lowest BCUT2D eigenvalue weighted by atomic mass is 10.1. The predicted molar refractivity (Wildman–Crippen MR) is 115 cm³/mol. The number of hydrogen-bond donors (Lipinski definition) is 2. The Morgan fingerprint density at radius 3 is 2.44 bits per heavy atom. The highest BCUT2D eigenvalue weighted by Gasteiger charge is 2.25. The Hall–Kier alpha value is -3.88. The summed E-state index contributed by atoms with van der Waals surface area (Å²) in [5.41, 5.74) is 1.11. The van der Waals surface area contributed by atoms with Crippen molar-refractivity contribution >= 4 is 29.3 Å². The first-order valence-electron chi connectivity index (χ1n) is 10.0. The highest BCUT2D eigenvalue weighted by Crippen LogP contribution is 2.28. The number of carbonyl (C=O) groups is 4. The Labute approximate surface area is 185 Å². The van der Waals surface area contributed by atoms with E-state index in [2.05, 4.69) is 10.6 Å². The van der Waals surface area contributed by atoms with Gasteiger partial charge in [0.05, 0.1) is 18.4 Å². The number of hydrogen-bond acceptors (Lipinski definition) is 7. The van der Waals surface area contributed by atoms with Gasteiger partial charge in [-0.25, -0.2) is 4.79 Å². The molecule has 1 fully saturated rings. The van der Waals surface area contributed by atoms with Gasteiger partial charge in [-0.05, 0) is 50.1 Å². The standard InChI is InChI=1S/C23H24N2O7/c1-14(26)15-7-10-19(20(11-15)30-2)31-13-22(28)32-12-21(27)25-18-6-4-3-5-17(18)23(29)24-16-8-9-16/h3-7,10-11,16H,8-9,12-13H2,1-2H3,(H,24,29)(H,25,27). The van der Waals surface area contributed by atoms with Crippen LogP contribution in [0.4, 0.5) is 5.69 Å². The molecular formula is C23H24N2O7. The summed E-state index contributed by atoms with van der Waals surface area (Å²) in [7, 11) is 1.41. The van der Waals surface area contributed by atoms with Gasteiger partial charge in [0.1, 0.15) is 0 Å². The summed E-state index contributed by atoms with van der Waals surface area (Å²) in [4.78, 5) is 47.9. The van der Waals surface area contributed by atoms with Crippen LogP contribution in [-0.2, 0) is 14.3 Å². The molecule has 0 unspecified atom stereocenters. The normalized spacial score (nSPS) is 12.4. The summed E-state index contributed by atoms with van der Waals surface area (Å²) in [6, 6.07) is 11.4. The topological polar surface area (TPSA) is 120 Å². The third kappa shape index (κ3) is 6.31. The fourth-order valence-electron chi connectivity index (χ4n) is 2.80. The average molecular weight is 440 g/mol. The second-order valence-corrected chi connectivity index (χ2v) is 7.21. The number of ketones is 1. The molecule has 0 radical (unpaired) electrons. The van der Waals surface area contributed by atoms with E-state index in [0.29, 0.717) is 22.6 Å². The zero-order valence-electron chi connectivity index (χ0n) is 17.8. The minimum Gasteiger partial charge on any atom is -0.493 e. The lowest BCUT2D eigenvalue weighted by Gasteiger charge is -2.12. The van der Waals surface area contributed by atoms with Crippen LogP contribution in [-0.4, -0.2) is 49.9 Å². The van der Waals surface area contributed by atoms with Crippen LogP contribution in [0, 0.1) is 0 Å². The van der Waals surface area contributed by atoms with E-state index in [1.165, 1.54) is 26.2 Å². The molecule has 0 aromatic heterocycles. The highest BCUT2D eigenvalue weighted by atomic mass is 16.6. The van der Waals surface area contributed by atoms with E-state index in [-0.39, 0.29) is 23.5 Å². The Bertz CT molecular complexity index is 1030. The van der Waals surface area contributed by atoms with Gasteiger partial charge in [0.15, 0.2) is 30.5 Å². The molecule has 168 valence electrons. The third-order valence-electron chi connectivity index (χ3n) is 4.64. The molecule has 0 bridgehead atoms. The summed E-state index contributed by atoms with van der Waals surface area (Å²) in [6.07, 6.45) is 1.90. The molecule has 0 atom stereocenters. The van der Waals surface area contributed by atoms with Crippen molar-refractivity contribution in [3.05, 3.63) is 53.6 Å². The Balaban J connectivity index is 1.49. The second-order valence-electron chi connectivity index (χ2n) is 7.21. The van der Waals surface area contributed by atoms with Crippen LogP contribution < -0.4 is 20.1 Å². The van der Waals surface area contributed by atoms with Crippen LogP contribution in [0.1, 0.15) is 40.5 Å². The van der Waals surface area contributed by atoms with Crippen molar-refractivity contribution in [2.75, 3.05) is 25.6 Å². The van der Waals surface area contributed by atoms with E-state index in [9.17, 15) is 19.2 Å². The predicted octanol–water partition coefficient (Wildman–Crippen LogP) is 2.35. The number of esters is 1. The molecule has 0 spiro atoms. The zero-order chi connectivity index (χ0) is 23.1. The van der Waals surface area contributed by atoms with Gasteiger partial charge in [0.2, 0.25) is 0 Å². The maximum Gasteiger partial charge on any atom is 0.344 e. The minimum absolute atomic E-state index is 0.133. The zero-order valence-corrected chi connectivity index (χ0v) is 17.8. The van der Waals surface area contributed by atoms with Crippen molar-refractivity contribution in [1.82, 2.24) is 5.32 Å². The van der Waals surface area contributed by atoms with Crippen molar-refractivity contribution in [3.63, 3.8) is 0 Å². The summed E-state index contributed by atoms with van der Waals surface area (Å²) in [6.45, 7) is 0.431. The number of para-hydroxylation sites is 1. The molecule has 3 rings (SSSR count). The van der Waals surface area contributed by atoms with Crippen molar-refractivity contribution in [1.29, 1.82) is 0 Å². The van der Waals surface area contributed by atoms with Crippen LogP contribution in [0.25, 0.3) is 0 Å². The lowest BCUT2D eigenvalue weighted by molar-refractivity contribution is -0.149. The number of nitrogens with one attached hydrogen (secondary N) is 2. The number of anilines is 1. The molecule has 2 aromatic rings. The van der Waals surface area contributed by atoms with Gasteiger partial charge >= 0.3 is 5.97 Å².